The number of rotatable bonds is 6. The van der Waals surface area contributed by atoms with Crippen molar-refractivity contribution in [1.82, 2.24) is 5.32 Å². The molecule has 1 aromatic rings. The molecule has 0 aliphatic heterocycles. The van der Waals surface area contributed by atoms with Gasteiger partial charge in [0, 0.05) is 6.04 Å². The van der Waals surface area contributed by atoms with Crippen LogP contribution in [0.4, 0.5) is 0 Å². The van der Waals surface area contributed by atoms with Crippen molar-refractivity contribution in [3.63, 3.8) is 0 Å². The lowest BCUT2D eigenvalue weighted by Crippen LogP contribution is -2.35. The Hall–Kier alpha value is -1.51. The van der Waals surface area contributed by atoms with Crippen LogP contribution in [0.1, 0.15) is 45.6 Å². The third kappa shape index (κ3) is 4.78. The molecule has 0 heterocycles. The number of hydrogen-bond acceptors (Lipinski definition) is 2. The average Bonchev–Trinajstić information content (AvgIpc) is 2.36. The van der Waals surface area contributed by atoms with E-state index in [0.29, 0.717) is 5.92 Å². The molecule has 0 radical (unpaired) electrons. The summed E-state index contributed by atoms with van der Waals surface area (Å²) in [5, 5.41) is 2.87. The highest BCUT2D eigenvalue weighted by Gasteiger charge is 2.07. The third-order valence-corrected chi connectivity index (χ3v) is 2.91. The van der Waals surface area contributed by atoms with E-state index in [1.165, 1.54) is 5.56 Å². The summed E-state index contributed by atoms with van der Waals surface area (Å²) >= 11 is 0. The average molecular weight is 249 g/mol. The summed E-state index contributed by atoms with van der Waals surface area (Å²) in [6.45, 7) is 8.37. The van der Waals surface area contributed by atoms with Crippen LogP contribution < -0.4 is 10.1 Å². The molecule has 0 aliphatic carbocycles. The first-order valence-electron chi connectivity index (χ1n) is 6.55. The van der Waals surface area contributed by atoms with Crippen molar-refractivity contribution in [3.05, 3.63) is 29.8 Å². The van der Waals surface area contributed by atoms with Crippen molar-refractivity contribution in [2.75, 3.05) is 6.61 Å². The van der Waals surface area contributed by atoms with Crippen LogP contribution in [0.5, 0.6) is 5.75 Å². The van der Waals surface area contributed by atoms with Crippen molar-refractivity contribution in [2.24, 2.45) is 0 Å². The Morgan fingerprint density at radius 2 is 2.06 bits per heavy atom. The normalized spacial score (nSPS) is 12.3. The molecule has 0 aliphatic rings. The summed E-state index contributed by atoms with van der Waals surface area (Å²) < 4.78 is 5.49. The summed E-state index contributed by atoms with van der Waals surface area (Å²) in [6, 6.07) is 8.08. The van der Waals surface area contributed by atoms with Gasteiger partial charge in [0.2, 0.25) is 0 Å². The minimum absolute atomic E-state index is 0.0701. The molecule has 1 N–H and O–H groups in total. The number of carbonyl (C=O) groups is 1. The molecule has 1 atom stereocenters. The second kappa shape index (κ2) is 7.04. The van der Waals surface area contributed by atoms with Gasteiger partial charge in [-0.15, -0.1) is 0 Å². The van der Waals surface area contributed by atoms with Gasteiger partial charge in [0.25, 0.3) is 5.91 Å². The van der Waals surface area contributed by atoms with Gasteiger partial charge in [0.15, 0.2) is 6.61 Å². The van der Waals surface area contributed by atoms with Gasteiger partial charge in [-0.25, -0.2) is 0 Å². The summed E-state index contributed by atoms with van der Waals surface area (Å²) in [4.78, 5) is 11.6. The van der Waals surface area contributed by atoms with E-state index in [2.05, 4.69) is 25.2 Å². The Kier molecular flexibility index (Phi) is 5.69. The predicted octanol–water partition coefficient (Wildman–Crippen LogP) is 3.10. The molecule has 0 saturated carbocycles. The van der Waals surface area contributed by atoms with Crippen LogP contribution in [0.2, 0.25) is 0 Å². The lowest BCUT2D eigenvalue weighted by molar-refractivity contribution is -0.123. The Bertz CT molecular complexity index is 388. The molecule has 3 heteroatoms. The van der Waals surface area contributed by atoms with Crippen molar-refractivity contribution in [1.29, 1.82) is 0 Å². The van der Waals surface area contributed by atoms with E-state index in [0.717, 1.165) is 12.2 Å². The first-order chi connectivity index (χ1) is 8.52. The summed E-state index contributed by atoms with van der Waals surface area (Å²) in [7, 11) is 0. The van der Waals surface area contributed by atoms with E-state index in [1.54, 1.807) is 0 Å². The monoisotopic (exact) mass is 249 g/mol. The molecule has 0 bridgehead atoms. The topological polar surface area (TPSA) is 38.3 Å². The van der Waals surface area contributed by atoms with Crippen molar-refractivity contribution in [3.8, 4) is 5.75 Å². The van der Waals surface area contributed by atoms with Crippen LogP contribution in [0, 0.1) is 0 Å². The van der Waals surface area contributed by atoms with Gasteiger partial charge in [0.1, 0.15) is 5.75 Å². The van der Waals surface area contributed by atoms with Gasteiger partial charge in [-0.05, 0) is 37.0 Å². The number of ether oxygens (including phenoxy) is 1. The molecule has 1 aromatic carbocycles. The molecule has 0 spiro atoms. The van der Waals surface area contributed by atoms with Crippen LogP contribution in [0.15, 0.2) is 24.3 Å². The van der Waals surface area contributed by atoms with Crippen LogP contribution >= 0.6 is 0 Å². The van der Waals surface area contributed by atoms with Gasteiger partial charge < -0.3 is 10.1 Å². The molecule has 0 fully saturated rings. The van der Waals surface area contributed by atoms with Crippen molar-refractivity contribution >= 4 is 5.91 Å². The summed E-state index contributed by atoms with van der Waals surface area (Å²) in [5.74, 6) is 1.14. The SMILES string of the molecule is CC[C@H](C)NC(=O)COc1cccc(C(C)C)c1. The van der Waals surface area contributed by atoms with E-state index in [1.807, 2.05) is 32.0 Å². The zero-order chi connectivity index (χ0) is 13.5. The highest BCUT2D eigenvalue weighted by molar-refractivity contribution is 5.77. The number of nitrogens with one attached hydrogen (secondary N) is 1. The molecule has 1 rings (SSSR count). The first-order valence-corrected chi connectivity index (χ1v) is 6.55. The maximum Gasteiger partial charge on any atom is 0.258 e. The second-order valence-corrected chi connectivity index (χ2v) is 4.89. The smallest absolute Gasteiger partial charge is 0.258 e. The first kappa shape index (κ1) is 14.6. The van der Waals surface area contributed by atoms with E-state index in [4.69, 9.17) is 4.74 Å². The van der Waals surface area contributed by atoms with Crippen LogP contribution in [0.3, 0.4) is 0 Å². The molecule has 100 valence electrons. The number of hydrogen-bond donors (Lipinski definition) is 1. The minimum Gasteiger partial charge on any atom is -0.484 e. The molecule has 3 nitrogen and oxygen atoms in total. The fourth-order valence-corrected chi connectivity index (χ4v) is 1.53. The van der Waals surface area contributed by atoms with Gasteiger partial charge >= 0.3 is 0 Å². The molecular formula is C15H23NO2. The van der Waals surface area contributed by atoms with E-state index in [9.17, 15) is 4.79 Å². The standard InChI is InChI=1S/C15H23NO2/c1-5-12(4)16-15(17)10-18-14-8-6-7-13(9-14)11(2)3/h6-9,11-12H,5,10H2,1-4H3,(H,16,17)/t12-/m0/s1. The zero-order valence-corrected chi connectivity index (χ0v) is 11.7. The van der Waals surface area contributed by atoms with E-state index < -0.39 is 0 Å². The Morgan fingerprint density at radius 3 is 2.67 bits per heavy atom. The molecule has 1 amide bonds. The fourth-order valence-electron chi connectivity index (χ4n) is 1.53. The predicted molar refractivity (Wildman–Crippen MR) is 73.9 cm³/mol. The summed E-state index contributed by atoms with van der Waals surface area (Å²) in [6.07, 6.45) is 0.925. The number of carbonyl (C=O) groups excluding carboxylic acids is 1. The number of benzene rings is 1. The van der Waals surface area contributed by atoms with Gasteiger partial charge in [-0.2, -0.15) is 0 Å². The van der Waals surface area contributed by atoms with Crippen LogP contribution in [-0.2, 0) is 4.79 Å². The molecular weight excluding hydrogens is 226 g/mol. The lowest BCUT2D eigenvalue weighted by atomic mass is 10.0. The quantitative estimate of drug-likeness (QED) is 0.841. The Labute approximate surface area is 110 Å². The maximum atomic E-state index is 11.6. The number of amides is 1. The van der Waals surface area contributed by atoms with Crippen LogP contribution in [0.25, 0.3) is 0 Å². The molecule has 0 aromatic heterocycles. The second-order valence-electron chi connectivity index (χ2n) is 4.89. The van der Waals surface area contributed by atoms with Crippen LogP contribution in [-0.4, -0.2) is 18.6 Å². The van der Waals surface area contributed by atoms with Gasteiger partial charge in [-0.1, -0.05) is 32.9 Å². The molecule has 18 heavy (non-hydrogen) atoms. The highest BCUT2D eigenvalue weighted by atomic mass is 16.5. The van der Waals surface area contributed by atoms with E-state index >= 15 is 0 Å². The molecule has 0 saturated heterocycles. The zero-order valence-electron chi connectivity index (χ0n) is 11.7. The van der Waals surface area contributed by atoms with Gasteiger partial charge in [-0.3, -0.25) is 4.79 Å². The molecule has 0 unspecified atom stereocenters. The summed E-state index contributed by atoms with van der Waals surface area (Å²) in [5.41, 5.74) is 1.22. The fraction of sp³-hybridized carbons (Fsp3) is 0.533. The Morgan fingerprint density at radius 1 is 1.33 bits per heavy atom. The third-order valence-electron chi connectivity index (χ3n) is 2.91. The largest absolute Gasteiger partial charge is 0.484 e. The lowest BCUT2D eigenvalue weighted by Gasteiger charge is -2.13. The van der Waals surface area contributed by atoms with E-state index in [-0.39, 0.29) is 18.6 Å². The Balaban J connectivity index is 2.48. The van der Waals surface area contributed by atoms with Gasteiger partial charge in [0.05, 0.1) is 0 Å². The minimum atomic E-state index is -0.0701. The highest BCUT2D eigenvalue weighted by Crippen LogP contribution is 2.19. The van der Waals surface area contributed by atoms with Crippen molar-refractivity contribution < 1.29 is 9.53 Å². The van der Waals surface area contributed by atoms with Crippen molar-refractivity contribution in [2.45, 2.75) is 46.1 Å². The maximum absolute atomic E-state index is 11.6.